The fourth-order valence-electron chi connectivity index (χ4n) is 2.83. The molecule has 2 heterocycles. The maximum Gasteiger partial charge on any atom is 0.224 e. The van der Waals surface area contributed by atoms with Crippen LogP contribution in [0.1, 0.15) is 45.7 Å². The van der Waals surface area contributed by atoms with Gasteiger partial charge in [-0.3, -0.25) is 0 Å². The van der Waals surface area contributed by atoms with Crippen LogP contribution in [0.15, 0.2) is 6.07 Å². The summed E-state index contributed by atoms with van der Waals surface area (Å²) in [6.45, 7) is 12.0. The molecule has 20 heavy (non-hydrogen) atoms. The van der Waals surface area contributed by atoms with Crippen LogP contribution in [-0.2, 0) is 0 Å². The standard InChI is InChI=1S/C16H28N4/c1-5-8-17-16-18-13(4)11-15(19-16)20-9-6-14(7-10-20)12(2)3/h11-12,14H,5-10H2,1-4H3,(H,17,18,19). The molecule has 0 saturated carbocycles. The highest BCUT2D eigenvalue weighted by Crippen LogP contribution is 2.27. The monoisotopic (exact) mass is 276 g/mol. The lowest BCUT2D eigenvalue weighted by Gasteiger charge is -2.34. The first-order chi connectivity index (χ1) is 9.60. The van der Waals surface area contributed by atoms with E-state index in [1.54, 1.807) is 0 Å². The highest BCUT2D eigenvalue weighted by atomic mass is 15.2. The lowest BCUT2D eigenvalue weighted by Crippen LogP contribution is -2.36. The van der Waals surface area contributed by atoms with E-state index in [0.29, 0.717) is 0 Å². The molecule has 4 heteroatoms. The van der Waals surface area contributed by atoms with Gasteiger partial charge in [-0.1, -0.05) is 20.8 Å². The predicted molar refractivity (Wildman–Crippen MR) is 85.3 cm³/mol. The van der Waals surface area contributed by atoms with Crippen LogP contribution in [0.2, 0.25) is 0 Å². The summed E-state index contributed by atoms with van der Waals surface area (Å²) in [5, 5.41) is 3.29. The van der Waals surface area contributed by atoms with E-state index in [4.69, 9.17) is 0 Å². The Morgan fingerprint density at radius 3 is 2.60 bits per heavy atom. The second-order valence-corrected chi connectivity index (χ2v) is 6.19. The molecule has 1 aliphatic rings. The summed E-state index contributed by atoms with van der Waals surface area (Å²) in [6.07, 6.45) is 3.64. The van der Waals surface area contributed by atoms with Crippen molar-refractivity contribution < 1.29 is 0 Å². The zero-order valence-electron chi connectivity index (χ0n) is 13.3. The van der Waals surface area contributed by atoms with E-state index in [0.717, 1.165) is 55.4 Å². The van der Waals surface area contributed by atoms with Gasteiger partial charge in [0.2, 0.25) is 5.95 Å². The first-order valence-electron chi connectivity index (χ1n) is 7.94. The Bertz CT molecular complexity index is 422. The third-order valence-corrected chi connectivity index (χ3v) is 4.18. The minimum Gasteiger partial charge on any atom is -0.356 e. The minimum atomic E-state index is 0.771. The number of anilines is 2. The maximum atomic E-state index is 4.67. The van der Waals surface area contributed by atoms with Crippen molar-refractivity contribution in [2.45, 2.75) is 47.0 Å². The van der Waals surface area contributed by atoms with Gasteiger partial charge in [-0.2, -0.15) is 4.98 Å². The number of piperidine rings is 1. The molecule has 1 aliphatic heterocycles. The molecule has 0 unspecified atom stereocenters. The summed E-state index contributed by atoms with van der Waals surface area (Å²) < 4.78 is 0. The molecule has 0 aliphatic carbocycles. The molecule has 2 rings (SSSR count). The van der Waals surface area contributed by atoms with Gasteiger partial charge in [0.05, 0.1) is 0 Å². The quantitative estimate of drug-likeness (QED) is 0.894. The molecule has 1 aromatic heterocycles. The lowest BCUT2D eigenvalue weighted by molar-refractivity contribution is 0.310. The van der Waals surface area contributed by atoms with Crippen molar-refractivity contribution in [2.75, 3.05) is 29.9 Å². The van der Waals surface area contributed by atoms with Crippen molar-refractivity contribution in [3.05, 3.63) is 11.8 Å². The number of aryl methyl sites for hydroxylation is 1. The zero-order valence-corrected chi connectivity index (χ0v) is 13.3. The second-order valence-electron chi connectivity index (χ2n) is 6.19. The number of aromatic nitrogens is 2. The van der Waals surface area contributed by atoms with Crippen LogP contribution in [0.5, 0.6) is 0 Å². The van der Waals surface area contributed by atoms with Crippen LogP contribution in [0.4, 0.5) is 11.8 Å². The van der Waals surface area contributed by atoms with E-state index in [-0.39, 0.29) is 0 Å². The zero-order chi connectivity index (χ0) is 14.5. The minimum absolute atomic E-state index is 0.771. The highest BCUT2D eigenvalue weighted by molar-refractivity contribution is 5.45. The molecular formula is C16H28N4. The first kappa shape index (κ1) is 15.1. The van der Waals surface area contributed by atoms with Crippen molar-refractivity contribution in [2.24, 2.45) is 11.8 Å². The van der Waals surface area contributed by atoms with Crippen LogP contribution < -0.4 is 10.2 Å². The Hall–Kier alpha value is -1.32. The smallest absolute Gasteiger partial charge is 0.224 e. The van der Waals surface area contributed by atoms with Crippen LogP contribution in [0.3, 0.4) is 0 Å². The van der Waals surface area contributed by atoms with Gasteiger partial charge in [0, 0.05) is 31.4 Å². The third kappa shape index (κ3) is 3.84. The van der Waals surface area contributed by atoms with E-state index >= 15 is 0 Å². The normalized spacial score (nSPS) is 16.8. The molecule has 1 fully saturated rings. The summed E-state index contributed by atoms with van der Waals surface area (Å²) in [7, 11) is 0. The van der Waals surface area contributed by atoms with Crippen LogP contribution in [0.25, 0.3) is 0 Å². The molecule has 1 N–H and O–H groups in total. The number of nitrogens with one attached hydrogen (secondary N) is 1. The van der Waals surface area contributed by atoms with E-state index in [1.807, 2.05) is 6.92 Å². The molecule has 1 saturated heterocycles. The first-order valence-corrected chi connectivity index (χ1v) is 7.94. The fraction of sp³-hybridized carbons (Fsp3) is 0.750. The third-order valence-electron chi connectivity index (χ3n) is 4.18. The summed E-state index contributed by atoms with van der Waals surface area (Å²) in [4.78, 5) is 11.5. The van der Waals surface area contributed by atoms with Gasteiger partial charge < -0.3 is 10.2 Å². The number of nitrogens with zero attached hydrogens (tertiary/aromatic N) is 3. The number of rotatable bonds is 5. The van der Waals surface area contributed by atoms with Gasteiger partial charge in [0.1, 0.15) is 5.82 Å². The maximum absolute atomic E-state index is 4.67. The Morgan fingerprint density at radius 1 is 1.30 bits per heavy atom. The predicted octanol–water partition coefficient (Wildman–Crippen LogP) is 3.48. The molecule has 0 bridgehead atoms. The van der Waals surface area contributed by atoms with Crippen molar-refractivity contribution in [3.63, 3.8) is 0 Å². The Labute approximate surface area is 123 Å². The van der Waals surface area contributed by atoms with E-state index in [9.17, 15) is 0 Å². The summed E-state index contributed by atoms with van der Waals surface area (Å²) in [5.41, 5.74) is 1.04. The Balaban J connectivity index is 2.03. The van der Waals surface area contributed by atoms with Crippen molar-refractivity contribution in [3.8, 4) is 0 Å². The topological polar surface area (TPSA) is 41.1 Å². The van der Waals surface area contributed by atoms with Crippen molar-refractivity contribution in [1.29, 1.82) is 0 Å². The van der Waals surface area contributed by atoms with E-state index in [2.05, 4.69) is 47.0 Å². The number of hydrogen-bond donors (Lipinski definition) is 1. The SMILES string of the molecule is CCCNc1nc(C)cc(N2CCC(C(C)C)CC2)n1. The van der Waals surface area contributed by atoms with Crippen molar-refractivity contribution in [1.82, 2.24) is 9.97 Å². The highest BCUT2D eigenvalue weighted by Gasteiger charge is 2.22. The molecular weight excluding hydrogens is 248 g/mol. The molecule has 4 nitrogen and oxygen atoms in total. The molecule has 0 atom stereocenters. The number of hydrogen-bond acceptors (Lipinski definition) is 4. The van der Waals surface area contributed by atoms with E-state index in [1.165, 1.54) is 12.8 Å². The van der Waals surface area contributed by atoms with Crippen LogP contribution in [0, 0.1) is 18.8 Å². The van der Waals surface area contributed by atoms with Crippen molar-refractivity contribution >= 4 is 11.8 Å². The van der Waals surface area contributed by atoms with Gasteiger partial charge in [-0.05, 0) is 38.0 Å². The molecule has 1 aromatic rings. The lowest BCUT2D eigenvalue weighted by atomic mass is 9.87. The molecule has 0 amide bonds. The molecule has 0 radical (unpaired) electrons. The van der Waals surface area contributed by atoms with Gasteiger partial charge in [-0.25, -0.2) is 4.98 Å². The molecule has 112 valence electrons. The summed E-state index contributed by atoms with van der Waals surface area (Å²) in [5.74, 6) is 3.52. The van der Waals surface area contributed by atoms with Crippen LogP contribution in [-0.4, -0.2) is 29.6 Å². The average molecular weight is 276 g/mol. The van der Waals surface area contributed by atoms with Gasteiger partial charge in [0.15, 0.2) is 0 Å². The largest absolute Gasteiger partial charge is 0.356 e. The summed E-state index contributed by atoms with van der Waals surface area (Å²) >= 11 is 0. The second kappa shape index (κ2) is 6.91. The van der Waals surface area contributed by atoms with Gasteiger partial charge in [0.25, 0.3) is 0 Å². The molecule has 0 aromatic carbocycles. The average Bonchev–Trinajstić information content (AvgIpc) is 2.44. The fourth-order valence-corrected chi connectivity index (χ4v) is 2.83. The van der Waals surface area contributed by atoms with Crippen LogP contribution >= 0.6 is 0 Å². The van der Waals surface area contributed by atoms with E-state index < -0.39 is 0 Å². The molecule has 0 spiro atoms. The Kier molecular flexibility index (Phi) is 5.21. The van der Waals surface area contributed by atoms with Gasteiger partial charge in [-0.15, -0.1) is 0 Å². The Morgan fingerprint density at radius 2 is 2.00 bits per heavy atom. The van der Waals surface area contributed by atoms with Gasteiger partial charge >= 0.3 is 0 Å². The summed E-state index contributed by atoms with van der Waals surface area (Å²) in [6, 6.07) is 2.10.